The van der Waals surface area contributed by atoms with E-state index in [1.807, 2.05) is 6.92 Å². The van der Waals surface area contributed by atoms with Gasteiger partial charge in [-0.05, 0) is 44.0 Å². The molecule has 1 aromatic carbocycles. The van der Waals surface area contributed by atoms with E-state index < -0.39 is 10.1 Å². The molecule has 1 rings (SSSR count). The topological polar surface area (TPSA) is 137 Å². The predicted molar refractivity (Wildman–Crippen MR) is 108 cm³/mol. The lowest BCUT2D eigenvalue weighted by Crippen LogP contribution is -2.35. The van der Waals surface area contributed by atoms with Gasteiger partial charge in [-0.1, -0.05) is 25.7 Å². The molecule has 0 aliphatic heterocycles. The Morgan fingerprint density at radius 3 is 1.82 bits per heavy atom. The van der Waals surface area contributed by atoms with Gasteiger partial charge in [0.2, 0.25) is 0 Å². The molecule has 0 saturated carbocycles. The number of anilines is 1. The highest BCUT2D eigenvalue weighted by Crippen LogP contribution is 2.13. The van der Waals surface area contributed by atoms with Crippen LogP contribution in [0.3, 0.4) is 0 Å². The summed E-state index contributed by atoms with van der Waals surface area (Å²) in [7, 11) is -4.23. The maximum absolute atomic E-state index is 11.8. The number of benzene rings is 1. The largest absolute Gasteiger partial charge is 0.338 e. The molecule has 1 aromatic rings. The van der Waals surface area contributed by atoms with Crippen LogP contribution in [0.2, 0.25) is 0 Å². The normalized spacial score (nSPS) is 10.9. The molecule has 10 heteroatoms. The molecule has 9 nitrogen and oxygen atoms in total. The van der Waals surface area contributed by atoms with Crippen molar-refractivity contribution in [1.82, 2.24) is 16.0 Å². The van der Waals surface area contributed by atoms with E-state index in [0.29, 0.717) is 25.3 Å². The summed E-state index contributed by atoms with van der Waals surface area (Å²) in [4.78, 5) is 22.7. The van der Waals surface area contributed by atoms with Crippen molar-refractivity contribution in [2.75, 3.05) is 25.0 Å². The predicted octanol–water partition coefficient (Wildman–Crippen LogP) is 2.71. The van der Waals surface area contributed by atoms with Gasteiger partial charge in [0, 0.05) is 25.3 Å². The van der Waals surface area contributed by atoms with Crippen LogP contribution >= 0.6 is 0 Å². The van der Waals surface area contributed by atoms with Crippen molar-refractivity contribution in [1.29, 1.82) is 0 Å². The monoisotopic (exact) mass is 414 g/mol. The van der Waals surface area contributed by atoms with Crippen LogP contribution in [0.25, 0.3) is 0 Å². The Morgan fingerprint density at radius 2 is 1.32 bits per heavy atom. The fourth-order valence-corrected chi connectivity index (χ4v) is 2.95. The first-order chi connectivity index (χ1) is 13.3. The molecular formula is C18H30N4O5S. The number of rotatable bonds is 12. The van der Waals surface area contributed by atoms with Crippen LogP contribution in [0.15, 0.2) is 29.2 Å². The molecule has 0 unspecified atom stereocenters. The summed E-state index contributed by atoms with van der Waals surface area (Å²) in [6.45, 7) is 3.73. The quantitative estimate of drug-likeness (QED) is 0.265. The molecule has 0 aromatic heterocycles. The Morgan fingerprint density at radius 1 is 0.821 bits per heavy atom. The van der Waals surface area contributed by atoms with Crippen molar-refractivity contribution in [2.45, 2.75) is 50.3 Å². The van der Waals surface area contributed by atoms with Crippen LogP contribution in [0.5, 0.6) is 0 Å². The molecular weight excluding hydrogens is 384 g/mol. The second-order valence-electron chi connectivity index (χ2n) is 6.29. The van der Waals surface area contributed by atoms with Gasteiger partial charge >= 0.3 is 12.1 Å². The molecule has 0 atom stereocenters. The van der Waals surface area contributed by atoms with Gasteiger partial charge in [-0.25, -0.2) is 9.59 Å². The van der Waals surface area contributed by atoms with Gasteiger partial charge in [0.1, 0.15) is 0 Å². The molecule has 0 saturated heterocycles. The molecule has 158 valence electrons. The van der Waals surface area contributed by atoms with E-state index in [1.54, 1.807) is 0 Å². The average Bonchev–Trinajstić information content (AvgIpc) is 2.63. The van der Waals surface area contributed by atoms with Gasteiger partial charge in [0.05, 0.1) is 4.90 Å². The molecule has 0 heterocycles. The lowest BCUT2D eigenvalue weighted by atomic mass is 10.1. The summed E-state index contributed by atoms with van der Waals surface area (Å²) >= 11 is 0. The highest BCUT2D eigenvalue weighted by Gasteiger charge is 2.09. The zero-order valence-corrected chi connectivity index (χ0v) is 17.0. The number of carbonyl (C=O) groups excluding carboxylic acids is 2. The highest BCUT2D eigenvalue weighted by atomic mass is 32.2. The van der Waals surface area contributed by atoms with Crippen LogP contribution in [0.1, 0.15) is 45.4 Å². The third kappa shape index (κ3) is 10.7. The van der Waals surface area contributed by atoms with Crippen LogP contribution in [0.4, 0.5) is 15.3 Å². The summed E-state index contributed by atoms with van der Waals surface area (Å²) < 4.78 is 30.8. The molecule has 4 amide bonds. The Hall–Kier alpha value is -2.33. The van der Waals surface area contributed by atoms with Crippen molar-refractivity contribution in [2.24, 2.45) is 0 Å². The van der Waals surface area contributed by atoms with Crippen LogP contribution in [0, 0.1) is 0 Å². The summed E-state index contributed by atoms with van der Waals surface area (Å²) in [5, 5.41) is 10.8. The van der Waals surface area contributed by atoms with Gasteiger partial charge < -0.3 is 21.3 Å². The van der Waals surface area contributed by atoms with Crippen LogP contribution in [-0.2, 0) is 10.1 Å². The number of amides is 4. The number of hydrogen-bond acceptors (Lipinski definition) is 4. The Kier molecular flexibility index (Phi) is 11.0. The first-order valence-electron chi connectivity index (χ1n) is 9.47. The van der Waals surface area contributed by atoms with Crippen molar-refractivity contribution < 1.29 is 22.6 Å². The zero-order valence-electron chi connectivity index (χ0n) is 16.2. The average molecular weight is 415 g/mol. The summed E-state index contributed by atoms with van der Waals surface area (Å²) in [5.74, 6) is 0. The highest BCUT2D eigenvalue weighted by molar-refractivity contribution is 7.85. The Balaban J connectivity index is 2.03. The molecule has 28 heavy (non-hydrogen) atoms. The van der Waals surface area contributed by atoms with E-state index in [-0.39, 0.29) is 17.0 Å². The van der Waals surface area contributed by atoms with E-state index in [1.165, 1.54) is 24.3 Å². The van der Waals surface area contributed by atoms with Crippen LogP contribution < -0.4 is 21.3 Å². The van der Waals surface area contributed by atoms with Gasteiger partial charge in [-0.15, -0.1) is 0 Å². The van der Waals surface area contributed by atoms with E-state index in [4.69, 9.17) is 4.55 Å². The van der Waals surface area contributed by atoms with Gasteiger partial charge in [0.15, 0.2) is 0 Å². The molecule has 0 radical (unpaired) electrons. The lowest BCUT2D eigenvalue weighted by Gasteiger charge is -2.08. The second kappa shape index (κ2) is 12.9. The van der Waals surface area contributed by atoms with Crippen molar-refractivity contribution in [3.8, 4) is 0 Å². The van der Waals surface area contributed by atoms with Gasteiger partial charge in [-0.3, -0.25) is 4.55 Å². The maximum atomic E-state index is 11.8. The minimum absolute atomic E-state index is 0.124. The van der Waals surface area contributed by atoms with Crippen molar-refractivity contribution >= 4 is 27.9 Å². The fourth-order valence-electron chi connectivity index (χ4n) is 2.47. The smallest absolute Gasteiger partial charge is 0.319 e. The van der Waals surface area contributed by atoms with Crippen LogP contribution in [-0.4, -0.2) is 44.7 Å². The fraction of sp³-hybridized carbons (Fsp3) is 0.556. The SMILES string of the molecule is CCNC(=O)NCCCCCCCCNC(=O)Nc1ccc(S(=O)(=O)O)cc1. The standard InChI is InChI=1S/C18H30N4O5S/c1-2-19-17(23)20-13-7-5-3-4-6-8-14-21-18(24)22-15-9-11-16(12-10-15)28(25,26)27/h9-12H,2-8,13-14H2,1H3,(H2,19,20,23)(H2,21,22,24)(H,25,26,27). The lowest BCUT2D eigenvalue weighted by molar-refractivity contribution is 0.241. The number of carbonyl (C=O) groups is 2. The summed E-state index contributed by atoms with van der Waals surface area (Å²) in [6, 6.07) is 4.76. The van der Waals surface area contributed by atoms with E-state index in [0.717, 1.165) is 38.5 Å². The summed E-state index contributed by atoms with van der Waals surface area (Å²) in [6.07, 6.45) is 6.04. The van der Waals surface area contributed by atoms with E-state index in [2.05, 4.69) is 21.3 Å². The van der Waals surface area contributed by atoms with Gasteiger partial charge in [-0.2, -0.15) is 8.42 Å². The number of hydrogen-bond donors (Lipinski definition) is 5. The minimum Gasteiger partial charge on any atom is -0.338 e. The third-order valence-electron chi connectivity index (χ3n) is 3.92. The number of nitrogens with one attached hydrogen (secondary N) is 4. The molecule has 0 fully saturated rings. The van der Waals surface area contributed by atoms with Crippen molar-refractivity contribution in [3.05, 3.63) is 24.3 Å². The molecule has 0 aliphatic carbocycles. The zero-order chi connectivity index (χ0) is 20.8. The molecule has 0 spiro atoms. The van der Waals surface area contributed by atoms with Crippen molar-refractivity contribution in [3.63, 3.8) is 0 Å². The van der Waals surface area contributed by atoms with E-state index in [9.17, 15) is 18.0 Å². The third-order valence-corrected chi connectivity index (χ3v) is 4.79. The maximum Gasteiger partial charge on any atom is 0.319 e. The Labute approximate surface area is 166 Å². The van der Waals surface area contributed by atoms with E-state index >= 15 is 0 Å². The minimum atomic E-state index is -4.23. The first kappa shape index (κ1) is 23.7. The molecule has 5 N–H and O–H groups in total. The number of unbranched alkanes of at least 4 members (excludes halogenated alkanes) is 5. The molecule has 0 bridgehead atoms. The number of urea groups is 2. The first-order valence-corrected chi connectivity index (χ1v) is 10.9. The Bertz CT molecular complexity index is 707. The molecule has 0 aliphatic rings. The summed E-state index contributed by atoms with van der Waals surface area (Å²) in [5.41, 5.74) is 0.436. The second-order valence-corrected chi connectivity index (χ2v) is 7.71. The van der Waals surface area contributed by atoms with Gasteiger partial charge in [0.25, 0.3) is 10.1 Å².